The lowest BCUT2D eigenvalue weighted by Crippen LogP contribution is -2.53. The first kappa shape index (κ1) is 16.7. The number of halogens is 1. The van der Waals surface area contributed by atoms with E-state index >= 15 is 0 Å². The van der Waals surface area contributed by atoms with Crippen LogP contribution in [0, 0.1) is 11.7 Å². The number of hydrogen-bond donors (Lipinski definition) is 2. The minimum atomic E-state index is -0.478. The number of rotatable bonds is 4. The summed E-state index contributed by atoms with van der Waals surface area (Å²) in [7, 11) is 1.53. The van der Waals surface area contributed by atoms with Crippen LogP contribution in [0.3, 0.4) is 0 Å². The van der Waals surface area contributed by atoms with Gasteiger partial charge in [0.2, 0.25) is 5.91 Å². The van der Waals surface area contributed by atoms with E-state index in [0.717, 1.165) is 25.7 Å². The zero-order chi connectivity index (χ0) is 16.3. The van der Waals surface area contributed by atoms with Crippen LogP contribution in [0.25, 0.3) is 0 Å². The van der Waals surface area contributed by atoms with Gasteiger partial charge in [-0.05, 0) is 44.9 Å². The van der Waals surface area contributed by atoms with E-state index in [4.69, 9.17) is 10.5 Å². The van der Waals surface area contributed by atoms with Gasteiger partial charge < -0.3 is 15.8 Å². The highest BCUT2D eigenvalue weighted by Gasteiger charge is 2.38. The lowest BCUT2D eigenvalue weighted by molar-refractivity contribution is -0.128. The van der Waals surface area contributed by atoms with E-state index in [2.05, 4.69) is 5.32 Å². The van der Waals surface area contributed by atoms with Gasteiger partial charge in [0.15, 0.2) is 0 Å². The first-order valence-electron chi connectivity index (χ1n) is 7.78. The molecule has 0 bridgehead atoms. The van der Waals surface area contributed by atoms with Gasteiger partial charge in [-0.2, -0.15) is 0 Å². The van der Waals surface area contributed by atoms with Crippen LogP contribution in [0.4, 0.5) is 4.39 Å². The molecule has 1 amide bonds. The Hall–Kier alpha value is -1.62. The summed E-state index contributed by atoms with van der Waals surface area (Å²) in [6.45, 7) is 3.76. The molecule has 4 nitrogen and oxygen atoms in total. The molecule has 0 spiro atoms. The summed E-state index contributed by atoms with van der Waals surface area (Å²) in [6, 6.07) is 3.97. The van der Waals surface area contributed by atoms with E-state index in [1.54, 1.807) is 6.07 Å². The maximum atomic E-state index is 13.5. The standard InChI is InChI=1S/C17H25FN2O2/c1-11(13-10-12(18)7-8-15(13)22-3)20-16(21)14-6-4-5-9-17(14,2)19/h7-8,10-11,14H,4-6,9,19H2,1-3H3,(H,20,21). The number of amides is 1. The normalized spacial score (nSPS) is 26.3. The lowest BCUT2D eigenvalue weighted by Gasteiger charge is -2.37. The summed E-state index contributed by atoms with van der Waals surface area (Å²) in [5, 5.41) is 2.96. The quantitative estimate of drug-likeness (QED) is 0.899. The molecule has 22 heavy (non-hydrogen) atoms. The van der Waals surface area contributed by atoms with Gasteiger partial charge in [0.1, 0.15) is 11.6 Å². The minimum absolute atomic E-state index is 0.0662. The molecule has 1 aromatic rings. The van der Waals surface area contributed by atoms with E-state index in [1.807, 2.05) is 13.8 Å². The van der Waals surface area contributed by atoms with E-state index in [-0.39, 0.29) is 23.7 Å². The average molecular weight is 308 g/mol. The van der Waals surface area contributed by atoms with Crippen LogP contribution in [-0.2, 0) is 4.79 Å². The van der Waals surface area contributed by atoms with Crippen molar-refractivity contribution in [3.63, 3.8) is 0 Å². The Balaban J connectivity index is 2.13. The van der Waals surface area contributed by atoms with Crippen LogP contribution in [0.5, 0.6) is 5.75 Å². The minimum Gasteiger partial charge on any atom is -0.496 e. The molecule has 0 radical (unpaired) electrons. The SMILES string of the molecule is COc1ccc(F)cc1C(C)NC(=O)C1CCCCC1(C)N. The Morgan fingerprint density at radius 1 is 1.50 bits per heavy atom. The molecule has 3 N–H and O–H groups in total. The molecule has 1 fully saturated rings. The highest BCUT2D eigenvalue weighted by molar-refractivity contribution is 5.80. The Morgan fingerprint density at radius 3 is 2.86 bits per heavy atom. The van der Waals surface area contributed by atoms with Crippen molar-refractivity contribution in [2.24, 2.45) is 11.7 Å². The molecule has 3 atom stereocenters. The number of benzene rings is 1. The molecular formula is C17H25FN2O2. The number of nitrogens with two attached hydrogens (primary N) is 1. The maximum Gasteiger partial charge on any atom is 0.225 e. The summed E-state index contributed by atoms with van der Waals surface area (Å²) < 4.78 is 18.7. The fourth-order valence-corrected chi connectivity index (χ4v) is 3.22. The molecule has 0 aromatic heterocycles. The fourth-order valence-electron chi connectivity index (χ4n) is 3.22. The molecule has 0 heterocycles. The molecule has 2 rings (SSSR count). The average Bonchev–Trinajstić information content (AvgIpc) is 2.46. The third-order valence-electron chi connectivity index (χ3n) is 4.59. The van der Waals surface area contributed by atoms with Crippen molar-refractivity contribution in [1.29, 1.82) is 0 Å². The Bertz CT molecular complexity index is 545. The van der Waals surface area contributed by atoms with Crippen molar-refractivity contribution in [3.05, 3.63) is 29.6 Å². The number of ether oxygens (including phenoxy) is 1. The molecule has 122 valence electrons. The van der Waals surface area contributed by atoms with Gasteiger partial charge >= 0.3 is 0 Å². The highest BCUT2D eigenvalue weighted by Crippen LogP contribution is 2.33. The second-order valence-electron chi connectivity index (χ2n) is 6.42. The number of nitrogens with one attached hydrogen (secondary N) is 1. The fraction of sp³-hybridized carbons (Fsp3) is 0.588. The van der Waals surface area contributed by atoms with E-state index in [0.29, 0.717) is 11.3 Å². The molecule has 0 saturated heterocycles. The van der Waals surface area contributed by atoms with Crippen LogP contribution < -0.4 is 15.8 Å². The molecule has 1 saturated carbocycles. The summed E-state index contributed by atoms with van der Waals surface area (Å²) in [6.07, 6.45) is 3.72. The van der Waals surface area contributed by atoms with Gasteiger partial charge in [0.05, 0.1) is 19.1 Å². The summed E-state index contributed by atoms with van der Waals surface area (Å²) in [5.74, 6) is -0.0571. The van der Waals surface area contributed by atoms with E-state index in [1.165, 1.54) is 19.2 Å². The Labute approximate surface area is 131 Å². The number of carbonyl (C=O) groups excluding carboxylic acids is 1. The predicted octanol–water partition coefficient (Wildman–Crippen LogP) is 2.92. The number of methoxy groups -OCH3 is 1. The van der Waals surface area contributed by atoms with Crippen molar-refractivity contribution in [3.8, 4) is 5.75 Å². The smallest absolute Gasteiger partial charge is 0.225 e. The Kier molecular flexibility index (Phi) is 5.06. The second-order valence-corrected chi connectivity index (χ2v) is 6.42. The molecule has 1 aromatic carbocycles. The van der Waals surface area contributed by atoms with Crippen molar-refractivity contribution in [2.75, 3.05) is 7.11 Å². The van der Waals surface area contributed by atoms with Crippen LogP contribution in [0.15, 0.2) is 18.2 Å². The Morgan fingerprint density at radius 2 is 2.23 bits per heavy atom. The zero-order valence-electron chi connectivity index (χ0n) is 13.5. The topological polar surface area (TPSA) is 64.3 Å². The van der Waals surface area contributed by atoms with Gasteiger partial charge in [0.25, 0.3) is 0 Å². The number of hydrogen-bond acceptors (Lipinski definition) is 3. The summed E-state index contributed by atoms with van der Waals surface area (Å²) >= 11 is 0. The molecule has 1 aliphatic carbocycles. The van der Waals surface area contributed by atoms with Crippen LogP contribution >= 0.6 is 0 Å². The van der Waals surface area contributed by atoms with Crippen LogP contribution in [0.2, 0.25) is 0 Å². The molecule has 3 unspecified atom stereocenters. The summed E-state index contributed by atoms with van der Waals surface area (Å²) in [5.41, 5.74) is 6.42. The van der Waals surface area contributed by atoms with Crippen molar-refractivity contribution >= 4 is 5.91 Å². The third-order valence-corrected chi connectivity index (χ3v) is 4.59. The third kappa shape index (κ3) is 3.58. The predicted molar refractivity (Wildman–Crippen MR) is 84.1 cm³/mol. The van der Waals surface area contributed by atoms with E-state index < -0.39 is 5.54 Å². The zero-order valence-corrected chi connectivity index (χ0v) is 13.5. The second kappa shape index (κ2) is 6.65. The monoisotopic (exact) mass is 308 g/mol. The van der Waals surface area contributed by atoms with Gasteiger partial charge in [-0.1, -0.05) is 12.8 Å². The van der Waals surface area contributed by atoms with Gasteiger partial charge in [-0.3, -0.25) is 4.79 Å². The molecule has 5 heteroatoms. The largest absolute Gasteiger partial charge is 0.496 e. The first-order chi connectivity index (χ1) is 10.3. The lowest BCUT2D eigenvalue weighted by atomic mass is 9.74. The van der Waals surface area contributed by atoms with Crippen molar-refractivity contribution < 1.29 is 13.9 Å². The van der Waals surface area contributed by atoms with Crippen molar-refractivity contribution in [1.82, 2.24) is 5.32 Å². The van der Waals surface area contributed by atoms with Gasteiger partial charge in [0, 0.05) is 11.1 Å². The van der Waals surface area contributed by atoms with E-state index in [9.17, 15) is 9.18 Å². The van der Waals surface area contributed by atoms with Crippen molar-refractivity contribution in [2.45, 2.75) is 51.1 Å². The first-order valence-corrected chi connectivity index (χ1v) is 7.78. The maximum absolute atomic E-state index is 13.5. The van der Waals surface area contributed by atoms with Crippen LogP contribution in [-0.4, -0.2) is 18.6 Å². The molecule has 1 aliphatic rings. The van der Waals surface area contributed by atoms with Gasteiger partial charge in [-0.15, -0.1) is 0 Å². The molecular weight excluding hydrogens is 283 g/mol. The summed E-state index contributed by atoms with van der Waals surface area (Å²) in [4.78, 5) is 12.6. The molecule has 0 aliphatic heterocycles. The van der Waals surface area contributed by atoms with Crippen LogP contribution in [0.1, 0.15) is 51.1 Å². The van der Waals surface area contributed by atoms with Gasteiger partial charge in [-0.25, -0.2) is 4.39 Å². The highest BCUT2D eigenvalue weighted by atomic mass is 19.1. The number of carbonyl (C=O) groups is 1.